The Morgan fingerprint density at radius 3 is 2.40 bits per heavy atom. The molecule has 0 aliphatic carbocycles. The Morgan fingerprint density at radius 1 is 1.60 bits per heavy atom. The first-order valence-electron chi connectivity index (χ1n) is 3.17. The lowest BCUT2D eigenvalue weighted by Crippen LogP contribution is -2.22. The molecule has 0 N–H and O–H groups in total. The number of rotatable bonds is 3. The van der Waals surface area contributed by atoms with Crippen molar-refractivity contribution in [2.24, 2.45) is 5.41 Å². The summed E-state index contributed by atoms with van der Waals surface area (Å²) in [4.78, 5) is 10.3. The van der Waals surface area contributed by atoms with E-state index in [2.05, 4.69) is 0 Å². The van der Waals surface area contributed by atoms with Crippen molar-refractivity contribution in [3.63, 3.8) is 0 Å². The molecule has 3 heteroatoms. The summed E-state index contributed by atoms with van der Waals surface area (Å²) in [6.07, 6.45) is 0. The largest absolute Gasteiger partial charge is 0.465 e. The minimum absolute atomic E-state index is 0.104. The predicted molar refractivity (Wildman–Crippen MR) is 41.1 cm³/mol. The molecule has 60 valence electrons. The molecule has 0 spiro atoms. The maximum Gasteiger partial charge on any atom is 0.302 e. The second-order valence-corrected chi connectivity index (χ2v) is 3.35. The molecular weight excluding hydrogens is 152 g/mol. The third-order valence-electron chi connectivity index (χ3n) is 1.03. The second kappa shape index (κ2) is 3.81. The fourth-order valence-corrected chi connectivity index (χ4v) is 0.413. The topological polar surface area (TPSA) is 26.3 Å². The van der Waals surface area contributed by atoms with Gasteiger partial charge >= 0.3 is 5.97 Å². The molecule has 0 unspecified atom stereocenters. The number of halogens is 1. The van der Waals surface area contributed by atoms with Crippen molar-refractivity contribution in [1.82, 2.24) is 0 Å². The van der Waals surface area contributed by atoms with Crippen LogP contribution in [0, 0.1) is 5.41 Å². The molecule has 0 heterocycles. The van der Waals surface area contributed by atoms with E-state index in [4.69, 9.17) is 16.3 Å². The molecule has 0 bridgehead atoms. The maximum atomic E-state index is 10.3. The highest BCUT2D eigenvalue weighted by Crippen LogP contribution is 2.16. The minimum Gasteiger partial charge on any atom is -0.465 e. The Morgan fingerprint density at radius 2 is 2.10 bits per heavy atom. The summed E-state index contributed by atoms with van der Waals surface area (Å²) in [6, 6.07) is 0. The van der Waals surface area contributed by atoms with Gasteiger partial charge in [-0.05, 0) is 0 Å². The first-order chi connectivity index (χ1) is 4.48. The van der Waals surface area contributed by atoms with Crippen molar-refractivity contribution in [1.29, 1.82) is 0 Å². The van der Waals surface area contributed by atoms with Crippen molar-refractivity contribution in [2.75, 3.05) is 12.5 Å². The molecule has 0 radical (unpaired) electrons. The molecule has 0 saturated carbocycles. The van der Waals surface area contributed by atoms with E-state index in [0.29, 0.717) is 12.5 Å². The molecule has 0 aromatic heterocycles. The first kappa shape index (κ1) is 9.76. The van der Waals surface area contributed by atoms with Crippen LogP contribution in [0.3, 0.4) is 0 Å². The minimum atomic E-state index is -0.252. The quantitative estimate of drug-likeness (QED) is 0.470. The molecule has 0 saturated heterocycles. The van der Waals surface area contributed by atoms with E-state index in [0.717, 1.165) is 0 Å². The first-order valence-corrected chi connectivity index (χ1v) is 3.71. The summed E-state index contributed by atoms with van der Waals surface area (Å²) in [7, 11) is 0. The van der Waals surface area contributed by atoms with Crippen LogP contribution in [0.15, 0.2) is 0 Å². The van der Waals surface area contributed by atoms with Gasteiger partial charge in [-0.2, -0.15) is 0 Å². The van der Waals surface area contributed by atoms with Gasteiger partial charge in [0.2, 0.25) is 0 Å². The molecule has 2 nitrogen and oxygen atoms in total. The maximum absolute atomic E-state index is 10.3. The Kier molecular flexibility index (Phi) is 3.72. The molecule has 0 aromatic carbocycles. The molecule has 0 fully saturated rings. The van der Waals surface area contributed by atoms with E-state index in [1.54, 1.807) is 0 Å². The van der Waals surface area contributed by atoms with Crippen LogP contribution in [0.5, 0.6) is 0 Å². The molecule has 0 aromatic rings. The van der Waals surface area contributed by atoms with Gasteiger partial charge in [-0.1, -0.05) is 13.8 Å². The van der Waals surface area contributed by atoms with Crippen LogP contribution >= 0.6 is 11.6 Å². The molecule has 0 aliphatic heterocycles. The average Bonchev–Trinajstić information content (AvgIpc) is 1.85. The summed E-state index contributed by atoms with van der Waals surface area (Å²) in [5.74, 6) is 0.249. The summed E-state index contributed by atoms with van der Waals surface area (Å²) in [5.41, 5.74) is -0.104. The number of carbonyl (C=O) groups is 1. The lowest BCUT2D eigenvalue weighted by Gasteiger charge is -2.19. The Hall–Kier alpha value is -0.240. The van der Waals surface area contributed by atoms with Crippen LogP contribution in [0.1, 0.15) is 20.8 Å². The number of ether oxygens (including phenoxy) is 1. The molecule has 0 amide bonds. The highest BCUT2D eigenvalue weighted by molar-refractivity contribution is 6.18. The molecule has 0 rings (SSSR count). The van der Waals surface area contributed by atoms with Gasteiger partial charge < -0.3 is 4.74 Å². The van der Waals surface area contributed by atoms with Gasteiger partial charge in [0.25, 0.3) is 0 Å². The standard InChI is InChI=1S/C7H13ClO2/c1-6(9)10-5-7(2,3)4-8/h4-5H2,1-3H3. The van der Waals surface area contributed by atoms with Crippen molar-refractivity contribution < 1.29 is 9.53 Å². The number of hydrogen-bond donors (Lipinski definition) is 0. The summed E-state index contributed by atoms with van der Waals surface area (Å²) in [5, 5.41) is 0. The summed E-state index contributed by atoms with van der Waals surface area (Å²) < 4.78 is 4.77. The number of esters is 1. The van der Waals surface area contributed by atoms with Gasteiger partial charge in [-0.3, -0.25) is 4.79 Å². The highest BCUT2D eigenvalue weighted by Gasteiger charge is 2.17. The molecule has 10 heavy (non-hydrogen) atoms. The van der Waals surface area contributed by atoms with E-state index in [-0.39, 0.29) is 11.4 Å². The van der Waals surface area contributed by atoms with E-state index >= 15 is 0 Å². The third-order valence-corrected chi connectivity index (χ3v) is 1.75. The van der Waals surface area contributed by atoms with Gasteiger partial charge in [-0.15, -0.1) is 11.6 Å². The van der Waals surface area contributed by atoms with Crippen molar-refractivity contribution >= 4 is 17.6 Å². The number of hydrogen-bond acceptors (Lipinski definition) is 2. The summed E-state index contributed by atoms with van der Waals surface area (Å²) in [6.45, 7) is 5.68. The predicted octanol–water partition coefficient (Wildman–Crippen LogP) is 1.81. The van der Waals surface area contributed by atoms with Gasteiger partial charge in [0.1, 0.15) is 0 Å². The van der Waals surface area contributed by atoms with E-state index in [9.17, 15) is 4.79 Å². The van der Waals surface area contributed by atoms with Crippen molar-refractivity contribution in [3.8, 4) is 0 Å². The van der Waals surface area contributed by atoms with Crippen LogP contribution in [-0.4, -0.2) is 18.5 Å². The highest BCUT2D eigenvalue weighted by atomic mass is 35.5. The smallest absolute Gasteiger partial charge is 0.302 e. The Labute approximate surface area is 66.5 Å². The lowest BCUT2D eigenvalue weighted by molar-refractivity contribution is -0.143. The van der Waals surface area contributed by atoms with Crippen LogP contribution in [-0.2, 0) is 9.53 Å². The van der Waals surface area contributed by atoms with Crippen LogP contribution in [0.25, 0.3) is 0 Å². The van der Waals surface area contributed by atoms with Crippen molar-refractivity contribution in [3.05, 3.63) is 0 Å². The lowest BCUT2D eigenvalue weighted by atomic mass is 9.98. The van der Waals surface area contributed by atoms with Crippen LogP contribution < -0.4 is 0 Å². The zero-order chi connectivity index (χ0) is 8.20. The zero-order valence-electron chi connectivity index (χ0n) is 6.61. The number of carbonyl (C=O) groups excluding carboxylic acids is 1. The van der Waals surface area contributed by atoms with Gasteiger partial charge in [0, 0.05) is 18.2 Å². The second-order valence-electron chi connectivity index (χ2n) is 3.08. The van der Waals surface area contributed by atoms with Gasteiger partial charge in [0.05, 0.1) is 6.61 Å². The average molecular weight is 165 g/mol. The van der Waals surface area contributed by atoms with Crippen molar-refractivity contribution in [2.45, 2.75) is 20.8 Å². The van der Waals surface area contributed by atoms with Crippen LogP contribution in [0.4, 0.5) is 0 Å². The van der Waals surface area contributed by atoms with E-state index < -0.39 is 0 Å². The van der Waals surface area contributed by atoms with Gasteiger partial charge in [0.15, 0.2) is 0 Å². The third kappa shape index (κ3) is 4.62. The zero-order valence-corrected chi connectivity index (χ0v) is 7.36. The molecule has 0 atom stereocenters. The monoisotopic (exact) mass is 164 g/mol. The van der Waals surface area contributed by atoms with E-state index in [1.807, 2.05) is 13.8 Å². The van der Waals surface area contributed by atoms with E-state index in [1.165, 1.54) is 6.92 Å². The summed E-state index contributed by atoms with van der Waals surface area (Å²) >= 11 is 5.59. The Balaban J connectivity index is 3.56. The number of alkyl halides is 1. The molecular formula is C7H13ClO2. The van der Waals surface area contributed by atoms with Gasteiger partial charge in [-0.25, -0.2) is 0 Å². The SMILES string of the molecule is CC(=O)OCC(C)(C)CCl. The fourth-order valence-electron chi connectivity index (χ4n) is 0.336. The molecule has 0 aliphatic rings. The normalized spacial score (nSPS) is 11.2. The van der Waals surface area contributed by atoms with Crippen LogP contribution in [0.2, 0.25) is 0 Å². The Bertz CT molecular complexity index is 121. The fraction of sp³-hybridized carbons (Fsp3) is 0.857.